The Kier molecular flexibility index (Phi) is 7.35. The number of alkyl halides is 2. The van der Waals surface area contributed by atoms with E-state index >= 15 is 4.39 Å². The summed E-state index contributed by atoms with van der Waals surface area (Å²) in [6.45, 7) is 10.3. The number of aromatic nitrogens is 4. The van der Waals surface area contributed by atoms with Crippen LogP contribution in [0.4, 0.5) is 24.5 Å². The Hall–Kier alpha value is -3.64. The van der Waals surface area contributed by atoms with E-state index in [1.807, 2.05) is 34.4 Å². The van der Waals surface area contributed by atoms with Crippen LogP contribution in [-0.4, -0.2) is 58.9 Å². The molecule has 0 spiro atoms. The number of hydrogen-bond donors (Lipinski definition) is 0. The Morgan fingerprint density at radius 3 is 2.47 bits per heavy atom. The SMILES string of the molecule is Cc1c2c(nn1C1CC1)C(=O)N(c1ccc3c(c1)ncn3COCC[Si](C)(C)C)C2c1ccc(N2CCC(F)(F)CC2)cc1F. The van der Waals surface area contributed by atoms with Crippen LogP contribution in [0.3, 0.4) is 0 Å². The van der Waals surface area contributed by atoms with Crippen molar-refractivity contribution in [3.63, 3.8) is 0 Å². The van der Waals surface area contributed by atoms with Gasteiger partial charge in [-0.25, -0.2) is 18.2 Å². The third kappa shape index (κ3) is 5.67. The molecule has 12 heteroatoms. The van der Waals surface area contributed by atoms with Gasteiger partial charge < -0.3 is 14.2 Å². The summed E-state index contributed by atoms with van der Waals surface area (Å²) in [5, 5.41) is 4.73. The van der Waals surface area contributed by atoms with Gasteiger partial charge in [-0.3, -0.25) is 14.4 Å². The minimum atomic E-state index is -2.69. The van der Waals surface area contributed by atoms with Crippen LogP contribution in [0.1, 0.15) is 65.1 Å². The molecule has 0 bridgehead atoms. The van der Waals surface area contributed by atoms with Gasteiger partial charge in [-0.05, 0) is 56.1 Å². The number of amides is 1. The van der Waals surface area contributed by atoms with Crippen LogP contribution in [0.5, 0.6) is 0 Å². The van der Waals surface area contributed by atoms with Crippen molar-refractivity contribution >= 4 is 36.4 Å². The van der Waals surface area contributed by atoms with Gasteiger partial charge in [0.25, 0.3) is 11.8 Å². The maximum Gasteiger partial charge on any atom is 0.280 e. The van der Waals surface area contributed by atoms with E-state index in [9.17, 15) is 13.6 Å². The highest BCUT2D eigenvalue weighted by Gasteiger charge is 2.46. The molecular weight excluding hydrogens is 597 g/mol. The van der Waals surface area contributed by atoms with Crippen LogP contribution in [0.2, 0.25) is 25.7 Å². The van der Waals surface area contributed by atoms with Crippen molar-refractivity contribution < 1.29 is 22.7 Å². The monoisotopic (exact) mass is 636 g/mol. The zero-order valence-electron chi connectivity index (χ0n) is 26.2. The molecule has 2 aliphatic heterocycles. The van der Waals surface area contributed by atoms with Crippen molar-refractivity contribution in [3.05, 3.63) is 71.1 Å². The summed E-state index contributed by atoms with van der Waals surface area (Å²) in [7, 11) is -1.20. The largest absolute Gasteiger partial charge is 0.371 e. The summed E-state index contributed by atoms with van der Waals surface area (Å²) in [5.41, 5.74) is 4.99. The average Bonchev–Trinajstić information content (AvgIpc) is 3.57. The number of imidazole rings is 1. The number of rotatable bonds is 9. The molecule has 1 atom stereocenters. The standard InChI is InChI=1S/C33H39F3N6O2Si/c1-21-29-30(38-42(21)22-5-6-22)32(43)41(24-8-10-28-27(18-24)37-19-40(28)20-44-15-16-45(2,3)4)31(29)25-9-7-23(17-26(25)34)39-13-11-33(35,36)12-14-39/h7-10,17-19,22,31H,5-6,11-16,20H2,1-4H3. The molecule has 238 valence electrons. The average molecular weight is 637 g/mol. The predicted octanol–water partition coefficient (Wildman–Crippen LogP) is 7.31. The van der Waals surface area contributed by atoms with Crippen molar-refractivity contribution in [3.8, 4) is 0 Å². The first-order valence-corrected chi connectivity index (χ1v) is 19.5. The second-order valence-electron chi connectivity index (χ2n) is 13.9. The normalized spacial score (nSPS) is 20.0. The van der Waals surface area contributed by atoms with E-state index in [1.54, 1.807) is 28.3 Å². The molecule has 1 aliphatic carbocycles. The Balaban J connectivity index is 1.22. The minimum Gasteiger partial charge on any atom is -0.371 e. The first-order valence-electron chi connectivity index (χ1n) is 15.8. The number of nitrogens with zero attached hydrogens (tertiary/aromatic N) is 6. The maximum atomic E-state index is 16.1. The third-order valence-corrected chi connectivity index (χ3v) is 11.0. The summed E-state index contributed by atoms with van der Waals surface area (Å²) in [4.78, 5) is 22.1. The van der Waals surface area contributed by atoms with Gasteiger partial charge in [-0.2, -0.15) is 5.10 Å². The first kappa shape index (κ1) is 30.0. The molecule has 45 heavy (non-hydrogen) atoms. The number of fused-ring (bicyclic) bond motifs is 2. The Labute approximate surface area is 261 Å². The molecule has 8 nitrogen and oxygen atoms in total. The highest BCUT2D eigenvalue weighted by Crippen LogP contribution is 2.47. The zero-order chi connectivity index (χ0) is 31.7. The van der Waals surface area contributed by atoms with E-state index in [4.69, 9.17) is 9.84 Å². The number of carbonyl (C=O) groups is 1. The fraction of sp³-hybridized carbons (Fsp3) is 0.485. The molecule has 2 aromatic heterocycles. The van der Waals surface area contributed by atoms with Crippen LogP contribution >= 0.6 is 0 Å². The smallest absolute Gasteiger partial charge is 0.280 e. The molecule has 4 heterocycles. The minimum absolute atomic E-state index is 0.160. The van der Waals surface area contributed by atoms with Gasteiger partial charge in [0.1, 0.15) is 12.5 Å². The molecule has 1 saturated carbocycles. The van der Waals surface area contributed by atoms with E-state index in [-0.39, 0.29) is 37.9 Å². The molecule has 2 fully saturated rings. The van der Waals surface area contributed by atoms with Gasteiger partial charge in [-0.15, -0.1) is 0 Å². The van der Waals surface area contributed by atoms with Gasteiger partial charge in [0, 0.05) is 68.8 Å². The van der Waals surface area contributed by atoms with Crippen molar-refractivity contribution in [2.45, 2.75) is 83.0 Å². The van der Waals surface area contributed by atoms with Crippen LogP contribution in [0, 0.1) is 12.7 Å². The van der Waals surface area contributed by atoms with E-state index in [0.717, 1.165) is 30.1 Å². The zero-order valence-corrected chi connectivity index (χ0v) is 27.2. The van der Waals surface area contributed by atoms with Gasteiger partial charge in [0.05, 0.1) is 29.4 Å². The Bertz CT molecular complexity index is 1770. The van der Waals surface area contributed by atoms with Crippen LogP contribution in [0.25, 0.3) is 11.0 Å². The lowest BCUT2D eigenvalue weighted by Gasteiger charge is -2.34. The van der Waals surface area contributed by atoms with Crippen LogP contribution < -0.4 is 9.80 Å². The fourth-order valence-electron chi connectivity index (χ4n) is 6.49. The molecule has 0 radical (unpaired) electrons. The van der Waals surface area contributed by atoms with Gasteiger partial charge in [-0.1, -0.05) is 25.7 Å². The van der Waals surface area contributed by atoms with Gasteiger partial charge in [0.15, 0.2) is 5.69 Å². The first-order chi connectivity index (χ1) is 21.4. The summed E-state index contributed by atoms with van der Waals surface area (Å²) < 4.78 is 53.5. The van der Waals surface area contributed by atoms with E-state index in [1.165, 1.54) is 6.07 Å². The molecule has 4 aromatic rings. The second-order valence-corrected chi connectivity index (χ2v) is 19.5. The lowest BCUT2D eigenvalue weighted by molar-refractivity contribution is -0.0220. The van der Waals surface area contributed by atoms with Gasteiger partial charge in [0.2, 0.25) is 0 Å². The summed E-state index contributed by atoms with van der Waals surface area (Å²) in [6.07, 6.45) is 3.23. The number of halogens is 3. The molecule has 0 N–H and O–H groups in total. The number of ether oxygens (including phenoxy) is 1. The van der Waals surface area contributed by atoms with Gasteiger partial charge >= 0.3 is 0 Å². The molecular formula is C33H39F3N6O2Si. The number of benzene rings is 2. The summed E-state index contributed by atoms with van der Waals surface area (Å²) >= 11 is 0. The highest BCUT2D eigenvalue weighted by atomic mass is 28.3. The number of carbonyl (C=O) groups excluding carboxylic acids is 1. The quantitative estimate of drug-likeness (QED) is 0.142. The topological polar surface area (TPSA) is 68.4 Å². The van der Waals surface area contributed by atoms with E-state index < -0.39 is 25.9 Å². The number of anilines is 2. The molecule has 1 amide bonds. The number of piperidine rings is 1. The number of hydrogen-bond acceptors (Lipinski definition) is 5. The molecule has 1 unspecified atom stereocenters. The Morgan fingerprint density at radius 2 is 1.78 bits per heavy atom. The van der Waals surface area contributed by atoms with Crippen molar-refractivity contribution in [1.82, 2.24) is 19.3 Å². The fourth-order valence-corrected chi connectivity index (χ4v) is 7.24. The predicted molar refractivity (Wildman–Crippen MR) is 171 cm³/mol. The third-order valence-electron chi connectivity index (χ3n) is 9.29. The molecule has 3 aliphatic rings. The van der Waals surface area contributed by atoms with Crippen molar-refractivity contribution in [2.24, 2.45) is 0 Å². The summed E-state index contributed by atoms with van der Waals surface area (Å²) in [5.74, 6) is -3.46. The Morgan fingerprint density at radius 1 is 1.04 bits per heavy atom. The maximum absolute atomic E-state index is 16.1. The molecule has 1 saturated heterocycles. The van der Waals surface area contributed by atoms with Crippen molar-refractivity contribution in [1.29, 1.82) is 0 Å². The van der Waals surface area contributed by atoms with E-state index in [0.29, 0.717) is 47.1 Å². The highest BCUT2D eigenvalue weighted by molar-refractivity contribution is 6.76. The lowest BCUT2D eigenvalue weighted by Crippen LogP contribution is -2.39. The van der Waals surface area contributed by atoms with Crippen molar-refractivity contribution in [2.75, 3.05) is 29.5 Å². The lowest BCUT2D eigenvalue weighted by atomic mass is 9.97. The summed E-state index contributed by atoms with van der Waals surface area (Å²) in [6, 6.07) is 11.1. The second kappa shape index (κ2) is 11.0. The molecule has 7 rings (SSSR count). The van der Waals surface area contributed by atoms with E-state index in [2.05, 4.69) is 24.6 Å². The molecule has 2 aromatic carbocycles. The van der Waals surface area contributed by atoms with Crippen LogP contribution in [0.15, 0.2) is 42.7 Å². The van der Waals surface area contributed by atoms with Crippen LogP contribution in [-0.2, 0) is 11.5 Å².